The van der Waals surface area contributed by atoms with Gasteiger partial charge >= 0.3 is 0 Å². The molecule has 0 unspecified atom stereocenters. The van der Waals surface area contributed by atoms with E-state index in [1.807, 2.05) is 0 Å². The summed E-state index contributed by atoms with van der Waals surface area (Å²) in [7, 11) is 0. The van der Waals surface area contributed by atoms with Crippen LogP contribution in [0.25, 0.3) is 11.1 Å². The van der Waals surface area contributed by atoms with E-state index in [1.165, 1.54) is 22.3 Å². The van der Waals surface area contributed by atoms with E-state index in [9.17, 15) is 0 Å². The Kier molecular flexibility index (Phi) is 3.40. The molecule has 2 aromatic rings. The molecule has 2 aromatic carbocycles. The predicted octanol–water partition coefficient (Wildman–Crippen LogP) is 4.62. The van der Waals surface area contributed by atoms with Crippen molar-refractivity contribution >= 4 is 0 Å². The molecular formula is C16H17. The van der Waals surface area contributed by atoms with Crippen molar-refractivity contribution in [3.63, 3.8) is 0 Å². The molecule has 0 atom stereocenters. The lowest BCUT2D eigenvalue weighted by atomic mass is 9.94. The Morgan fingerprint density at radius 2 is 1.50 bits per heavy atom. The molecule has 0 heteroatoms. The van der Waals surface area contributed by atoms with E-state index >= 15 is 0 Å². The molecule has 0 bridgehead atoms. The summed E-state index contributed by atoms with van der Waals surface area (Å²) >= 11 is 0. The third kappa shape index (κ3) is 2.16. The molecule has 0 aromatic heterocycles. The van der Waals surface area contributed by atoms with Crippen LogP contribution in [0.15, 0.2) is 48.5 Å². The van der Waals surface area contributed by atoms with Crippen LogP contribution in [0.3, 0.4) is 0 Å². The first-order chi connectivity index (χ1) is 7.83. The zero-order valence-electron chi connectivity index (χ0n) is 9.90. The van der Waals surface area contributed by atoms with Crippen LogP contribution in [-0.2, 0) is 0 Å². The Labute approximate surface area is 97.9 Å². The van der Waals surface area contributed by atoms with Crippen LogP contribution in [-0.4, -0.2) is 0 Å². The van der Waals surface area contributed by atoms with Crippen molar-refractivity contribution in [3.05, 3.63) is 66.1 Å². The van der Waals surface area contributed by atoms with Crippen LogP contribution >= 0.6 is 0 Å². The van der Waals surface area contributed by atoms with Crippen molar-refractivity contribution in [2.75, 3.05) is 0 Å². The summed E-state index contributed by atoms with van der Waals surface area (Å²) in [5.41, 5.74) is 5.34. The first kappa shape index (κ1) is 10.9. The maximum atomic E-state index is 2.28. The van der Waals surface area contributed by atoms with Crippen molar-refractivity contribution in [1.82, 2.24) is 0 Å². The normalized spacial score (nSPS) is 10.4. The lowest BCUT2D eigenvalue weighted by Crippen LogP contribution is -1.89. The molecule has 0 aliphatic rings. The Morgan fingerprint density at radius 3 is 2.19 bits per heavy atom. The molecule has 0 heterocycles. The van der Waals surface area contributed by atoms with Gasteiger partial charge in [-0.25, -0.2) is 0 Å². The highest BCUT2D eigenvalue weighted by molar-refractivity contribution is 5.71. The van der Waals surface area contributed by atoms with Crippen molar-refractivity contribution < 1.29 is 0 Å². The fourth-order valence-electron chi connectivity index (χ4n) is 2.02. The quantitative estimate of drug-likeness (QED) is 0.691. The minimum atomic E-state index is 1.07. The van der Waals surface area contributed by atoms with Gasteiger partial charge in [-0.1, -0.05) is 55.5 Å². The fourth-order valence-corrected chi connectivity index (χ4v) is 2.02. The molecule has 2 rings (SSSR count). The molecule has 16 heavy (non-hydrogen) atoms. The van der Waals surface area contributed by atoms with Gasteiger partial charge in [-0.05, 0) is 42.0 Å². The highest BCUT2D eigenvalue weighted by Crippen LogP contribution is 2.27. The van der Waals surface area contributed by atoms with E-state index in [4.69, 9.17) is 0 Å². The second kappa shape index (κ2) is 4.98. The first-order valence-corrected chi connectivity index (χ1v) is 5.81. The smallest absolute Gasteiger partial charge is 0.00894 e. The van der Waals surface area contributed by atoms with Crippen LogP contribution in [0, 0.1) is 13.3 Å². The van der Waals surface area contributed by atoms with Gasteiger partial charge in [0.1, 0.15) is 0 Å². The average Bonchev–Trinajstić information content (AvgIpc) is 2.31. The summed E-state index contributed by atoms with van der Waals surface area (Å²) < 4.78 is 0. The third-order valence-electron chi connectivity index (χ3n) is 2.82. The molecule has 0 aliphatic carbocycles. The fraction of sp³-hybridized carbons (Fsp3) is 0.188. The molecule has 0 saturated carbocycles. The van der Waals surface area contributed by atoms with Gasteiger partial charge in [-0.3, -0.25) is 0 Å². The van der Waals surface area contributed by atoms with Crippen molar-refractivity contribution in [1.29, 1.82) is 0 Å². The molecule has 0 saturated heterocycles. The van der Waals surface area contributed by atoms with Crippen molar-refractivity contribution in [2.45, 2.75) is 20.3 Å². The van der Waals surface area contributed by atoms with Crippen molar-refractivity contribution in [2.24, 2.45) is 0 Å². The number of hydrogen-bond donors (Lipinski definition) is 0. The maximum Gasteiger partial charge on any atom is -0.00894 e. The summed E-state index contributed by atoms with van der Waals surface area (Å²) in [6.45, 7) is 4.34. The minimum Gasteiger partial charge on any atom is -0.0648 e. The highest BCUT2D eigenvalue weighted by atomic mass is 14.1. The number of rotatable bonds is 3. The van der Waals surface area contributed by atoms with E-state index in [0.29, 0.717) is 0 Å². The van der Waals surface area contributed by atoms with Gasteiger partial charge in [0.25, 0.3) is 0 Å². The Balaban J connectivity index is 2.51. The van der Waals surface area contributed by atoms with Gasteiger partial charge in [0.2, 0.25) is 0 Å². The largest absolute Gasteiger partial charge is 0.0648 e. The SMILES string of the molecule is CC[CH]c1ccccc1-c1ccccc1C. The topological polar surface area (TPSA) is 0 Å². The lowest BCUT2D eigenvalue weighted by Gasteiger charge is -2.10. The minimum absolute atomic E-state index is 1.07. The molecular weight excluding hydrogens is 192 g/mol. The molecule has 0 aliphatic heterocycles. The van der Waals surface area contributed by atoms with E-state index < -0.39 is 0 Å². The molecule has 81 valence electrons. The molecule has 1 radical (unpaired) electrons. The number of hydrogen-bond acceptors (Lipinski definition) is 0. The maximum absolute atomic E-state index is 2.28. The summed E-state index contributed by atoms with van der Waals surface area (Å²) in [6.07, 6.45) is 3.35. The Bertz CT molecular complexity index is 469. The van der Waals surface area contributed by atoms with Crippen LogP contribution in [0.4, 0.5) is 0 Å². The lowest BCUT2D eigenvalue weighted by molar-refractivity contribution is 1.12. The second-order valence-electron chi connectivity index (χ2n) is 4.01. The zero-order valence-corrected chi connectivity index (χ0v) is 9.90. The van der Waals surface area contributed by atoms with Gasteiger partial charge in [0, 0.05) is 0 Å². The first-order valence-electron chi connectivity index (χ1n) is 5.81. The van der Waals surface area contributed by atoms with Crippen LogP contribution in [0.5, 0.6) is 0 Å². The molecule has 0 amide bonds. The van der Waals surface area contributed by atoms with Gasteiger partial charge in [0.05, 0.1) is 0 Å². The monoisotopic (exact) mass is 209 g/mol. The third-order valence-corrected chi connectivity index (χ3v) is 2.82. The Hall–Kier alpha value is -1.56. The summed E-state index contributed by atoms with van der Waals surface area (Å²) in [5, 5.41) is 0. The zero-order chi connectivity index (χ0) is 11.4. The van der Waals surface area contributed by atoms with Crippen LogP contribution in [0.2, 0.25) is 0 Å². The van der Waals surface area contributed by atoms with Crippen LogP contribution < -0.4 is 0 Å². The molecule has 0 fully saturated rings. The number of aryl methyl sites for hydroxylation is 1. The van der Waals surface area contributed by atoms with Gasteiger partial charge < -0.3 is 0 Å². The van der Waals surface area contributed by atoms with E-state index in [-0.39, 0.29) is 0 Å². The number of benzene rings is 2. The van der Waals surface area contributed by atoms with Gasteiger partial charge in [-0.2, -0.15) is 0 Å². The highest BCUT2D eigenvalue weighted by Gasteiger charge is 2.05. The second-order valence-corrected chi connectivity index (χ2v) is 4.01. The summed E-state index contributed by atoms with van der Waals surface area (Å²) in [4.78, 5) is 0. The molecule has 0 spiro atoms. The molecule has 0 N–H and O–H groups in total. The van der Waals surface area contributed by atoms with Crippen LogP contribution in [0.1, 0.15) is 24.5 Å². The summed E-state index contributed by atoms with van der Waals surface area (Å²) in [6, 6.07) is 17.1. The van der Waals surface area contributed by atoms with E-state index in [1.54, 1.807) is 0 Å². The summed E-state index contributed by atoms with van der Waals surface area (Å²) in [5.74, 6) is 0. The van der Waals surface area contributed by atoms with Crippen molar-refractivity contribution in [3.8, 4) is 11.1 Å². The van der Waals surface area contributed by atoms with Gasteiger partial charge in [0.15, 0.2) is 0 Å². The Morgan fingerprint density at radius 1 is 0.875 bits per heavy atom. The van der Waals surface area contributed by atoms with E-state index in [2.05, 4.69) is 68.8 Å². The standard InChI is InChI=1S/C16H17/c1-3-8-14-10-5-7-12-16(14)15-11-6-4-9-13(15)2/h4-12H,3H2,1-2H3. The molecule has 0 nitrogen and oxygen atoms in total. The predicted molar refractivity (Wildman–Crippen MR) is 70.3 cm³/mol. The van der Waals surface area contributed by atoms with E-state index in [0.717, 1.165) is 6.42 Å². The average molecular weight is 209 g/mol. The van der Waals surface area contributed by atoms with Gasteiger partial charge in [-0.15, -0.1) is 0 Å².